The predicted octanol–water partition coefficient (Wildman–Crippen LogP) is 2.82. The highest BCUT2D eigenvalue weighted by Gasteiger charge is 2.62. The summed E-state index contributed by atoms with van der Waals surface area (Å²) in [6, 6.07) is 8.34. The molecule has 25 heavy (non-hydrogen) atoms. The van der Waals surface area contributed by atoms with E-state index < -0.39 is 0 Å². The Morgan fingerprint density at radius 2 is 2.04 bits per heavy atom. The minimum atomic E-state index is 0.128. The number of piperidine rings is 1. The van der Waals surface area contributed by atoms with Crippen LogP contribution in [-0.4, -0.2) is 50.8 Å². The SMILES string of the molecule is COc1cccc(N2CC[C@H](CNC(=O)N3C[C@@H]4[C@H](C3)C4(C)C)C2)c1. The van der Waals surface area contributed by atoms with Crippen molar-refractivity contribution in [2.45, 2.75) is 20.3 Å². The van der Waals surface area contributed by atoms with Crippen molar-refractivity contribution in [3.8, 4) is 5.75 Å². The first kappa shape index (κ1) is 16.6. The number of likely N-dealkylation sites (tertiary alicyclic amines) is 1. The minimum absolute atomic E-state index is 0.128. The Hall–Kier alpha value is -1.91. The summed E-state index contributed by atoms with van der Waals surface area (Å²) >= 11 is 0. The van der Waals surface area contributed by atoms with Gasteiger partial charge in [0, 0.05) is 44.5 Å². The van der Waals surface area contributed by atoms with E-state index >= 15 is 0 Å². The second kappa shape index (κ2) is 6.11. The molecule has 3 fully saturated rings. The lowest BCUT2D eigenvalue weighted by molar-refractivity contribution is 0.194. The molecule has 1 N–H and O–H groups in total. The molecule has 0 unspecified atom stereocenters. The summed E-state index contributed by atoms with van der Waals surface area (Å²) in [5.74, 6) is 2.84. The highest BCUT2D eigenvalue weighted by Crippen LogP contribution is 2.61. The van der Waals surface area contributed by atoms with Gasteiger partial charge in [0.05, 0.1) is 7.11 Å². The third-order valence-electron chi connectivity index (χ3n) is 6.66. The molecule has 5 heteroatoms. The van der Waals surface area contributed by atoms with Gasteiger partial charge in [-0.3, -0.25) is 0 Å². The van der Waals surface area contributed by atoms with Crippen molar-refractivity contribution in [2.75, 3.05) is 44.7 Å². The van der Waals surface area contributed by atoms with Crippen molar-refractivity contribution in [1.29, 1.82) is 0 Å². The molecule has 136 valence electrons. The monoisotopic (exact) mass is 343 g/mol. The first-order valence-corrected chi connectivity index (χ1v) is 9.41. The molecule has 2 amide bonds. The van der Waals surface area contributed by atoms with Crippen LogP contribution in [-0.2, 0) is 0 Å². The van der Waals surface area contributed by atoms with Gasteiger partial charge in [-0.25, -0.2) is 4.79 Å². The molecule has 2 heterocycles. The number of amides is 2. The average Bonchev–Trinajstić information content (AvgIpc) is 3.09. The summed E-state index contributed by atoms with van der Waals surface area (Å²) in [6.07, 6.45) is 1.12. The number of carbonyl (C=O) groups excluding carboxylic acids is 1. The molecule has 1 aromatic carbocycles. The van der Waals surface area contributed by atoms with E-state index in [1.807, 2.05) is 17.0 Å². The molecule has 4 rings (SSSR count). The van der Waals surface area contributed by atoms with E-state index in [-0.39, 0.29) is 6.03 Å². The van der Waals surface area contributed by atoms with Crippen molar-refractivity contribution in [2.24, 2.45) is 23.2 Å². The molecule has 1 saturated carbocycles. The Balaban J connectivity index is 1.24. The van der Waals surface area contributed by atoms with Gasteiger partial charge in [0.2, 0.25) is 0 Å². The Labute approximate surface area is 150 Å². The molecule has 3 atom stereocenters. The summed E-state index contributed by atoms with van der Waals surface area (Å²) in [4.78, 5) is 16.8. The number of nitrogens with one attached hydrogen (secondary N) is 1. The lowest BCUT2D eigenvalue weighted by Crippen LogP contribution is -2.42. The van der Waals surface area contributed by atoms with Gasteiger partial charge in [-0.2, -0.15) is 0 Å². The van der Waals surface area contributed by atoms with E-state index in [1.165, 1.54) is 5.69 Å². The molecular weight excluding hydrogens is 314 g/mol. The Morgan fingerprint density at radius 1 is 1.28 bits per heavy atom. The van der Waals surface area contributed by atoms with Crippen LogP contribution in [0.15, 0.2) is 24.3 Å². The zero-order valence-corrected chi connectivity index (χ0v) is 15.5. The van der Waals surface area contributed by atoms with Gasteiger partial charge in [-0.05, 0) is 41.7 Å². The molecule has 0 aromatic heterocycles. The number of urea groups is 1. The Morgan fingerprint density at radius 3 is 2.76 bits per heavy atom. The summed E-state index contributed by atoms with van der Waals surface area (Å²) in [7, 11) is 1.70. The van der Waals surface area contributed by atoms with E-state index in [0.717, 1.165) is 44.9 Å². The zero-order valence-electron chi connectivity index (χ0n) is 15.5. The minimum Gasteiger partial charge on any atom is -0.497 e. The Kier molecular flexibility index (Phi) is 4.05. The van der Waals surface area contributed by atoms with E-state index in [2.05, 4.69) is 36.2 Å². The third kappa shape index (κ3) is 3.05. The van der Waals surface area contributed by atoms with Gasteiger partial charge in [0.15, 0.2) is 0 Å². The van der Waals surface area contributed by atoms with Crippen molar-refractivity contribution >= 4 is 11.7 Å². The number of anilines is 1. The summed E-state index contributed by atoms with van der Waals surface area (Å²) in [5.41, 5.74) is 1.66. The van der Waals surface area contributed by atoms with Gasteiger partial charge in [0.1, 0.15) is 5.75 Å². The maximum Gasteiger partial charge on any atom is 0.317 e. The summed E-state index contributed by atoms with van der Waals surface area (Å²) < 4.78 is 5.31. The Bertz CT molecular complexity index is 646. The van der Waals surface area contributed by atoms with Gasteiger partial charge in [-0.1, -0.05) is 19.9 Å². The van der Waals surface area contributed by atoms with Gasteiger partial charge < -0.3 is 19.9 Å². The first-order valence-electron chi connectivity index (χ1n) is 9.41. The fourth-order valence-electron chi connectivity index (χ4n) is 4.68. The number of ether oxygens (including phenoxy) is 1. The number of nitrogens with zero attached hydrogens (tertiary/aromatic N) is 2. The van der Waals surface area contributed by atoms with E-state index in [9.17, 15) is 4.79 Å². The summed E-state index contributed by atoms with van der Waals surface area (Å²) in [5, 5.41) is 3.17. The van der Waals surface area contributed by atoms with E-state index in [4.69, 9.17) is 4.74 Å². The van der Waals surface area contributed by atoms with Crippen LogP contribution in [0.1, 0.15) is 20.3 Å². The number of benzene rings is 1. The molecular formula is C20H29N3O2. The quantitative estimate of drug-likeness (QED) is 0.914. The van der Waals surface area contributed by atoms with E-state index in [0.29, 0.717) is 23.2 Å². The molecule has 0 radical (unpaired) electrons. The van der Waals surface area contributed by atoms with Crippen LogP contribution in [0.5, 0.6) is 5.75 Å². The summed E-state index contributed by atoms with van der Waals surface area (Å²) in [6.45, 7) is 9.32. The number of hydrogen-bond donors (Lipinski definition) is 1. The molecule has 1 aromatic rings. The largest absolute Gasteiger partial charge is 0.497 e. The number of carbonyl (C=O) groups is 1. The second-order valence-electron chi connectivity index (χ2n) is 8.43. The van der Waals surface area contributed by atoms with Crippen LogP contribution >= 0.6 is 0 Å². The van der Waals surface area contributed by atoms with Crippen LogP contribution in [0, 0.1) is 23.2 Å². The van der Waals surface area contributed by atoms with Gasteiger partial charge in [0.25, 0.3) is 0 Å². The maximum atomic E-state index is 12.4. The van der Waals surface area contributed by atoms with E-state index in [1.54, 1.807) is 7.11 Å². The van der Waals surface area contributed by atoms with Crippen molar-refractivity contribution in [1.82, 2.24) is 10.2 Å². The zero-order chi connectivity index (χ0) is 17.6. The van der Waals surface area contributed by atoms with Crippen molar-refractivity contribution in [3.63, 3.8) is 0 Å². The normalized spacial score (nSPS) is 29.5. The molecule has 5 nitrogen and oxygen atoms in total. The van der Waals surface area contributed by atoms with Crippen molar-refractivity contribution < 1.29 is 9.53 Å². The fourth-order valence-corrected chi connectivity index (χ4v) is 4.68. The molecule has 0 bridgehead atoms. The van der Waals surface area contributed by atoms with Crippen LogP contribution < -0.4 is 15.0 Å². The second-order valence-corrected chi connectivity index (χ2v) is 8.43. The maximum absolute atomic E-state index is 12.4. The number of methoxy groups -OCH3 is 1. The molecule has 1 aliphatic carbocycles. The van der Waals surface area contributed by atoms with Gasteiger partial charge >= 0.3 is 6.03 Å². The average molecular weight is 343 g/mol. The van der Waals surface area contributed by atoms with Crippen molar-refractivity contribution in [3.05, 3.63) is 24.3 Å². The predicted molar refractivity (Wildman–Crippen MR) is 99.0 cm³/mol. The number of rotatable bonds is 4. The molecule has 2 saturated heterocycles. The highest BCUT2D eigenvalue weighted by atomic mass is 16.5. The third-order valence-corrected chi connectivity index (χ3v) is 6.66. The lowest BCUT2D eigenvalue weighted by Gasteiger charge is -2.23. The van der Waals surface area contributed by atoms with Crippen LogP contribution in [0.25, 0.3) is 0 Å². The smallest absolute Gasteiger partial charge is 0.317 e. The van der Waals surface area contributed by atoms with Gasteiger partial charge in [-0.15, -0.1) is 0 Å². The highest BCUT2D eigenvalue weighted by molar-refractivity contribution is 5.75. The molecule has 0 spiro atoms. The number of fused-ring (bicyclic) bond motifs is 1. The first-order chi connectivity index (χ1) is 12.0. The lowest BCUT2D eigenvalue weighted by atomic mass is 10.1. The van der Waals surface area contributed by atoms with Crippen LogP contribution in [0.2, 0.25) is 0 Å². The molecule has 2 aliphatic heterocycles. The number of hydrogen-bond acceptors (Lipinski definition) is 3. The van der Waals surface area contributed by atoms with Crippen LogP contribution in [0.4, 0.5) is 10.5 Å². The standard InChI is InChI=1S/C20H29N3O2/c1-20(2)17-12-23(13-18(17)20)19(24)21-10-14-7-8-22(11-14)15-5-4-6-16(9-15)25-3/h4-6,9,14,17-18H,7-8,10-13H2,1-3H3,(H,21,24)/t14-,17-,18+/m1/s1. The molecule has 3 aliphatic rings. The topological polar surface area (TPSA) is 44.8 Å². The fraction of sp³-hybridized carbons (Fsp3) is 0.650. The van der Waals surface area contributed by atoms with Crippen LogP contribution in [0.3, 0.4) is 0 Å².